The molecule has 0 aromatic heterocycles. The molecule has 1 rings (SSSR count). The van der Waals surface area contributed by atoms with Crippen LogP contribution in [0, 0.1) is 27.7 Å². The summed E-state index contributed by atoms with van der Waals surface area (Å²) in [4.78, 5) is 0. The monoisotopic (exact) mass is 216 g/mol. The first-order chi connectivity index (χ1) is 7.29. The van der Waals surface area contributed by atoms with Crippen LogP contribution >= 0.6 is 0 Å². The van der Waals surface area contributed by atoms with E-state index in [1.807, 2.05) is 0 Å². The minimum absolute atomic E-state index is 0.560. The molecule has 0 fully saturated rings. The number of benzene rings is 1. The molecular weight excluding hydrogens is 192 g/mol. The lowest BCUT2D eigenvalue weighted by molar-refractivity contribution is 0.844. The maximum Gasteiger partial charge on any atom is -0.0164 e. The zero-order chi connectivity index (χ0) is 12.6. The van der Waals surface area contributed by atoms with Crippen molar-refractivity contribution in [2.24, 2.45) is 0 Å². The van der Waals surface area contributed by atoms with E-state index in [1.165, 1.54) is 39.0 Å². The maximum atomic E-state index is 4.14. The van der Waals surface area contributed by atoms with Crippen molar-refractivity contribution in [3.05, 3.63) is 40.0 Å². The molecule has 0 heterocycles. The van der Waals surface area contributed by atoms with Gasteiger partial charge in [-0.05, 0) is 73.9 Å². The van der Waals surface area contributed by atoms with Crippen molar-refractivity contribution in [3.8, 4) is 0 Å². The first-order valence-corrected chi connectivity index (χ1v) is 6.05. The van der Waals surface area contributed by atoms with Gasteiger partial charge in [-0.3, -0.25) is 0 Å². The van der Waals surface area contributed by atoms with Gasteiger partial charge in [-0.1, -0.05) is 26.0 Å². The summed E-state index contributed by atoms with van der Waals surface area (Å²) in [7, 11) is 0. The van der Waals surface area contributed by atoms with E-state index in [1.54, 1.807) is 0 Å². The summed E-state index contributed by atoms with van der Waals surface area (Å²) in [5, 5.41) is 0. The van der Waals surface area contributed by atoms with Gasteiger partial charge < -0.3 is 0 Å². The van der Waals surface area contributed by atoms with E-state index in [9.17, 15) is 0 Å². The highest BCUT2D eigenvalue weighted by Crippen LogP contribution is 2.35. The first kappa shape index (κ1) is 13.0. The number of hydrogen-bond donors (Lipinski definition) is 0. The van der Waals surface area contributed by atoms with Gasteiger partial charge in [0, 0.05) is 0 Å². The molecule has 0 saturated heterocycles. The lowest BCUT2D eigenvalue weighted by Gasteiger charge is -2.23. The average Bonchev–Trinajstić information content (AvgIpc) is 2.18. The Morgan fingerprint density at radius 3 is 1.69 bits per heavy atom. The van der Waals surface area contributed by atoms with Gasteiger partial charge in [0.2, 0.25) is 0 Å². The number of rotatable bonds is 2. The highest BCUT2D eigenvalue weighted by molar-refractivity contribution is 5.71. The lowest BCUT2D eigenvalue weighted by atomic mass is 9.82. The second kappa shape index (κ2) is 4.45. The highest BCUT2D eigenvalue weighted by atomic mass is 14.2. The van der Waals surface area contributed by atoms with E-state index in [2.05, 4.69) is 55.0 Å². The molecule has 0 bridgehead atoms. The molecule has 0 nitrogen and oxygen atoms in total. The summed E-state index contributed by atoms with van der Waals surface area (Å²) in [6.07, 6.45) is 0. The smallest absolute Gasteiger partial charge is 0.0164 e. The molecule has 0 heteroatoms. The summed E-state index contributed by atoms with van der Waals surface area (Å²) < 4.78 is 0. The maximum absolute atomic E-state index is 4.14. The van der Waals surface area contributed by atoms with E-state index in [-0.39, 0.29) is 0 Å². The van der Waals surface area contributed by atoms with Crippen LogP contribution in [0.15, 0.2) is 6.58 Å². The molecule has 0 amide bonds. The normalized spacial score (nSPS) is 11.0. The van der Waals surface area contributed by atoms with Crippen LogP contribution in [-0.4, -0.2) is 0 Å². The average molecular weight is 216 g/mol. The molecule has 1 aromatic carbocycles. The molecule has 0 aliphatic rings. The topological polar surface area (TPSA) is 0 Å². The van der Waals surface area contributed by atoms with Gasteiger partial charge in [0.05, 0.1) is 0 Å². The lowest BCUT2D eigenvalue weighted by Crippen LogP contribution is -2.06. The van der Waals surface area contributed by atoms with Crippen molar-refractivity contribution in [3.63, 3.8) is 0 Å². The van der Waals surface area contributed by atoms with Gasteiger partial charge >= 0.3 is 0 Å². The zero-order valence-electron chi connectivity index (χ0n) is 11.8. The van der Waals surface area contributed by atoms with Gasteiger partial charge in [0.1, 0.15) is 0 Å². The number of allylic oxidation sites excluding steroid dienone is 1. The molecule has 0 radical (unpaired) electrons. The Kier molecular flexibility index (Phi) is 3.62. The Morgan fingerprint density at radius 2 is 1.31 bits per heavy atom. The fourth-order valence-electron chi connectivity index (χ4n) is 2.61. The summed E-state index contributed by atoms with van der Waals surface area (Å²) in [6.45, 7) is 19.7. The summed E-state index contributed by atoms with van der Waals surface area (Å²) in [6, 6.07) is 0. The predicted molar refractivity (Wildman–Crippen MR) is 74.2 cm³/mol. The SMILES string of the molecule is C=C(C)c1c(C)c(C)c(C)c(C)c1C(C)C. The molecule has 16 heavy (non-hydrogen) atoms. The summed E-state index contributed by atoms with van der Waals surface area (Å²) in [5.74, 6) is 0.560. The summed E-state index contributed by atoms with van der Waals surface area (Å²) >= 11 is 0. The fraction of sp³-hybridized carbons (Fsp3) is 0.500. The standard InChI is InChI=1S/C16H24/c1-9(2)15-13(7)11(5)12(6)14(8)16(15)10(3)4/h10H,1H2,2-8H3. The Labute approximate surface area is 100 Å². The Balaban J connectivity index is 3.76. The minimum atomic E-state index is 0.560. The van der Waals surface area contributed by atoms with Crippen LogP contribution < -0.4 is 0 Å². The second-order valence-electron chi connectivity index (χ2n) is 5.22. The van der Waals surface area contributed by atoms with Crippen LogP contribution in [0.3, 0.4) is 0 Å². The predicted octanol–water partition coefficient (Wildman–Crippen LogP) is 5.08. The van der Waals surface area contributed by atoms with Gasteiger partial charge in [-0.2, -0.15) is 0 Å². The van der Waals surface area contributed by atoms with Crippen molar-refractivity contribution >= 4 is 5.57 Å². The molecule has 88 valence electrons. The highest BCUT2D eigenvalue weighted by Gasteiger charge is 2.17. The molecule has 0 atom stereocenters. The minimum Gasteiger partial charge on any atom is -0.0955 e. The largest absolute Gasteiger partial charge is 0.0955 e. The van der Waals surface area contributed by atoms with Crippen LogP contribution in [0.1, 0.15) is 60.1 Å². The molecular formula is C16H24. The first-order valence-electron chi connectivity index (χ1n) is 6.05. The van der Waals surface area contributed by atoms with Crippen LogP contribution in [0.25, 0.3) is 5.57 Å². The Bertz CT molecular complexity index is 434. The van der Waals surface area contributed by atoms with Gasteiger partial charge in [-0.25, -0.2) is 0 Å². The third kappa shape index (κ3) is 1.93. The Morgan fingerprint density at radius 1 is 0.875 bits per heavy atom. The van der Waals surface area contributed by atoms with Crippen LogP contribution in [0.5, 0.6) is 0 Å². The van der Waals surface area contributed by atoms with Crippen molar-refractivity contribution in [2.45, 2.75) is 54.4 Å². The fourth-order valence-corrected chi connectivity index (χ4v) is 2.61. The van der Waals surface area contributed by atoms with E-state index in [0.29, 0.717) is 5.92 Å². The molecule has 0 aliphatic heterocycles. The van der Waals surface area contributed by atoms with Crippen LogP contribution in [0.4, 0.5) is 0 Å². The van der Waals surface area contributed by atoms with Gasteiger partial charge in [0.25, 0.3) is 0 Å². The third-order valence-electron chi connectivity index (χ3n) is 3.74. The van der Waals surface area contributed by atoms with Gasteiger partial charge in [-0.15, -0.1) is 0 Å². The van der Waals surface area contributed by atoms with E-state index < -0.39 is 0 Å². The number of hydrogen-bond acceptors (Lipinski definition) is 0. The summed E-state index contributed by atoms with van der Waals surface area (Å²) in [5.41, 5.74) is 9.75. The van der Waals surface area contributed by atoms with E-state index >= 15 is 0 Å². The van der Waals surface area contributed by atoms with Crippen LogP contribution in [0.2, 0.25) is 0 Å². The second-order valence-corrected chi connectivity index (χ2v) is 5.22. The van der Waals surface area contributed by atoms with E-state index in [4.69, 9.17) is 0 Å². The van der Waals surface area contributed by atoms with Crippen molar-refractivity contribution in [2.75, 3.05) is 0 Å². The van der Waals surface area contributed by atoms with Crippen molar-refractivity contribution < 1.29 is 0 Å². The van der Waals surface area contributed by atoms with E-state index in [0.717, 1.165) is 0 Å². The van der Waals surface area contributed by atoms with Crippen LogP contribution in [-0.2, 0) is 0 Å². The molecule has 0 saturated carbocycles. The van der Waals surface area contributed by atoms with Crippen molar-refractivity contribution in [1.29, 1.82) is 0 Å². The van der Waals surface area contributed by atoms with Gasteiger partial charge in [0.15, 0.2) is 0 Å². The zero-order valence-corrected chi connectivity index (χ0v) is 11.8. The Hall–Kier alpha value is -1.04. The molecule has 0 spiro atoms. The molecule has 0 unspecified atom stereocenters. The quantitative estimate of drug-likeness (QED) is 0.647. The third-order valence-corrected chi connectivity index (χ3v) is 3.74. The molecule has 0 N–H and O–H groups in total. The molecule has 1 aromatic rings. The van der Waals surface area contributed by atoms with Crippen molar-refractivity contribution in [1.82, 2.24) is 0 Å². The molecule has 0 aliphatic carbocycles.